The van der Waals surface area contributed by atoms with Crippen LogP contribution in [0.15, 0.2) is 0 Å². The number of carbonyl (C=O) groups excluding carboxylic acids is 2. The van der Waals surface area contributed by atoms with Crippen molar-refractivity contribution in [2.24, 2.45) is 0 Å². The van der Waals surface area contributed by atoms with Crippen LogP contribution in [0.5, 0.6) is 0 Å². The lowest BCUT2D eigenvalue weighted by atomic mass is 9.89. The molecule has 0 saturated carbocycles. The first-order chi connectivity index (χ1) is 8.81. The van der Waals surface area contributed by atoms with Gasteiger partial charge in [-0.15, -0.1) is 0 Å². The minimum Gasteiger partial charge on any atom is -0.468 e. The Morgan fingerprint density at radius 2 is 1.32 bits per heavy atom. The summed E-state index contributed by atoms with van der Waals surface area (Å²) in [4.78, 5) is 23.3. The molecule has 0 bridgehead atoms. The van der Waals surface area contributed by atoms with Gasteiger partial charge in [0.2, 0.25) is 0 Å². The minimum absolute atomic E-state index is 0.111. The third-order valence-corrected chi connectivity index (χ3v) is 3.85. The first-order valence-corrected chi connectivity index (χ1v) is 6.23. The molecule has 0 heterocycles. The average Bonchev–Trinajstić information content (AvgIpc) is 2.40. The molecule has 104 valence electrons. The van der Waals surface area contributed by atoms with Gasteiger partial charge in [0.05, 0.1) is 7.11 Å². The van der Waals surface area contributed by atoms with Crippen molar-refractivity contribution < 1.29 is 14.3 Å². The van der Waals surface area contributed by atoms with Gasteiger partial charge in [-0.2, -0.15) is 0 Å². The number of amides is 1. The Bertz CT molecular complexity index is 504. The van der Waals surface area contributed by atoms with Crippen LogP contribution in [0.1, 0.15) is 38.2 Å². The fraction of sp³-hybridized carbons (Fsp3) is 0.467. The van der Waals surface area contributed by atoms with Gasteiger partial charge in [-0.25, -0.2) is 0 Å². The predicted octanol–water partition coefficient (Wildman–Crippen LogP) is 2.13. The van der Waals surface area contributed by atoms with Crippen LogP contribution in [0.3, 0.4) is 0 Å². The van der Waals surface area contributed by atoms with Crippen LogP contribution >= 0.6 is 0 Å². The standard InChI is InChI=1S/C15H21NO3/c1-8-9(2)11(4)14(12(5)10(8)3)15(18)16-7-13(17)19-6/h7H2,1-6H3,(H,16,18). The Morgan fingerprint density at radius 1 is 0.895 bits per heavy atom. The van der Waals surface area contributed by atoms with E-state index in [4.69, 9.17) is 0 Å². The summed E-state index contributed by atoms with van der Waals surface area (Å²) in [7, 11) is 1.30. The van der Waals surface area contributed by atoms with Crippen LogP contribution in [-0.4, -0.2) is 25.5 Å². The van der Waals surface area contributed by atoms with Crippen molar-refractivity contribution in [3.63, 3.8) is 0 Å². The Balaban J connectivity index is 3.14. The molecule has 0 radical (unpaired) electrons. The van der Waals surface area contributed by atoms with E-state index in [0.29, 0.717) is 5.56 Å². The van der Waals surface area contributed by atoms with Crippen LogP contribution in [0, 0.1) is 34.6 Å². The zero-order chi connectivity index (χ0) is 14.7. The Hall–Kier alpha value is -1.84. The van der Waals surface area contributed by atoms with Crippen LogP contribution in [0.2, 0.25) is 0 Å². The monoisotopic (exact) mass is 263 g/mol. The summed E-state index contributed by atoms with van der Waals surface area (Å²) in [6.45, 7) is 9.83. The third-order valence-electron chi connectivity index (χ3n) is 3.85. The van der Waals surface area contributed by atoms with Gasteiger partial charge in [-0.1, -0.05) is 0 Å². The lowest BCUT2D eigenvalue weighted by molar-refractivity contribution is -0.139. The lowest BCUT2D eigenvalue weighted by Crippen LogP contribution is -2.31. The van der Waals surface area contributed by atoms with E-state index in [1.54, 1.807) is 0 Å². The van der Waals surface area contributed by atoms with Gasteiger partial charge in [0.25, 0.3) is 5.91 Å². The van der Waals surface area contributed by atoms with E-state index >= 15 is 0 Å². The minimum atomic E-state index is -0.454. The summed E-state index contributed by atoms with van der Waals surface area (Å²) in [6.07, 6.45) is 0. The topological polar surface area (TPSA) is 55.4 Å². The molecule has 4 heteroatoms. The van der Waals surface area contributed by atoms with E-state index in [9.17, 15) is 9.59 Å². The average molecular weight is 263 g/mol. The smallest absolute Gasteiger partial charge is 0.325 e. The van der Waals surface area contributed by atoms with E-state index in [0.717, 1.165) is 22.3 Å². The molecule has 0 atom stereocenters. The molecule has 4 nitrogen and oxygen atoms in total. The van der Waals surface area contributed by atoms with Gasteiger partial charge in [0.1, 0.15) is 6.54 Å². The van der Waals surface area contributed by atoms with Crippen molar-refractivity contribution in [1.82, 2.24) is 5.32 Å². The van der Waals surface area contributed by atoms with Gasteiger partial charge in [-0.05, 0) is 62.4 Å². The Labute approximate surface area is 114 Å². The number of esters is 1. The summed E-state index contributed by atoms with van der Waals surface area (Å²) in [5.74, 6) is -0.684. The molecule has 1 aromatic carbocycles. The zero-order valence-corrected chi connectivity index (χ0v) is 12.4. The number of nitrogens with one attached hydrogen (secondary N) is 1. The highest BCUT2D eigenvalue weighted by atomic mass is 16.5. The molecule has 0 unspecified atom stereocenters. The van der Waals surface area contributed by atoms with Gasteiger partial charge in [-0.3, -0.25) is 9.59 Å². The van der Waals surface area contributed by atoms with E-state index in [1.807, 2.05) is 27.7 Å². The number of ether oxygens (including phenoxy) is 1. The lowest BCUT2D eigenvalue weighted by Gasteiger charge is -2.18. The third kappa shape index (κ3) is 2.95. The van der Waals surface area contributed by atoms with Crippen molar-refractivity contribution in [1.29, 1.82) is 0 Å². The van der Waals surface area contributed by atoms with Crippen molar-refractivity contribution in [3.05, 3.63) is 33.4 Å². The van der Waals surface area contributed by atoms with Crippen molar-refractivity contribution in [3.8, 4) is 0 Å². The van der Waals surface area contributed by atoms with Gasteiger partial charge in [0.15, 0.2) is 0 Å². The number of benzene rings is 1. The number of hydrogen-bond acceptors (Lipinski definition) is 3. The molecular formula is C15H21NO3. The number of rotatable bonds is 3. The first kappa shape index (κ1) is 15.2. The van der Waals surface area contributed by atoms with Crippen LogP contribution in [-0.2, 0) is 9.53 Å². The van der Waals surface area contributed by atoms with Gasteiger partial charge < -0.3 is 10.1 Å². The molecule has 0 saturated heterocycles. The first-order valence-electron chi connectivity index (χ1n) is 6.23. The summed E-state index contributed by atoms with van der Waals surface area (Å²) >= 11 is 0. The van der Waals surface area contributed by atoms with Crippen LogP contribution in [0.25, 0.3) is 0 Å². The fourth-order valence-corrected chi connectivity index (χ4v) is 2.15. The fourth-order valence-electron chi connectivity index (χ4n) is 2.15. The molecule has 0 aliphatic rings. The normalized spacial score (nSPS) is 10.2. The molecule has 1 N–H and O–H groups in total. The summed E-state index contributed by atoms with van der Waals surface area (Å²) < 4.78 is 4.51. The molecule has 0 aliphatic carbocycles. The largest absolute Gasteiger partial charge is 0.468 e. The summed E-state index contributed by atoms with van der Waals surface area (Å²) in [5, 5.41) is 2.59. The Morgan fingerprint density at radius 3 is 1.74 bits per heavy atom. The molecule has 1 rings (SSSR count). The summed E-state index contributed by atoms with van der Waals surface area (Å²) in [5.41, 5.74) is 6.02. The van der Waals surface area contributed by atoms with Crippen molar-refractivity contribution in [2.75, 3.05) is 13.7 Å². The second kappa shape index (κ2) is 5.87. The van der Waals surface area contributed by atoms with Crippen molar-refractivity contribution in [2.45, 2.75) is 34.6 Å². The van der Waals surface area contributed by atoms with Crippen molar-refractivity contribution >= 4 is 11.9 Å². The van der Waals surface area contributed by atoms with E-state index in [-0.39, 0.29) is 12.5 Å². The molecule has 0 aliphatic heterocycles. The molecule has 19 heavy (non-hydrogen) atoms. The van der Waals surface area contributed by atoms with E-state index < -0.39 is 5.97 Å². The highest BCUT2D eigenvalue weighted by Crippen LogP contribution is 2.25. The number of methoxy groups -OCH3 is 1. The second-order valence-electron chi connectivity index (χ2n) is 4.76. The van der Waals surface area contributed by atoms with E-state index in [1.165, 1.54) is 12.7 Å². The van der Waals surface area contributed by atoms with Gasteiger partial charge >= 0.3 is 5.97 Å². The maximum absolute atomic E-state index is 12.2. The van der Waals surface area contributed by atoms with Gasteiger partial charge in [0, 0.05) is 5.56 Å². The highest BCUT2D eigenvalue weighted by Gasteiger charge is 2.18. The second-order valence-corrected chi connectivity index (χ2v) is 4.76. The Kier molecular flexibility index (Phi) is 4.70. The summed E-state index contributed by atoms with van der Waals surface area (Å²) in [6, 6.07) is 0. The SMILES string of the molecule is COC(=O)CNC(=O)c1c(C)c(C)c(C)c(C)c1C. The molecular weight excluding hydrogens is 242 g/mol. The molecule has 1 aromatic rings. The predicted molar refractivity (Wildman–Crippen MR) is 74.5 cm³/mol. The van der Waals surface area contributed by atoms with Crippen LogP contribution in [0.4, 0.5) is 0 Å². The van der Waals surface area contributed by atoms with Crippen LogP contribution < -0.4 is 5.32 Å². The maximum atomic E-state index is 12.2. The number of hydrogen-bond donors (Lipinski definition) is 1. The molecule has 0 spiro atoms. The quantitative estimate of drug-likeness (QED) is 0.850. The molecule has 0 aromatic heterocycles. The molecule has 1 amide bonds. The van der Waals surface area contributed by atoms with E-state index in [2.05, 4.69) is 17.0 Å². The molecule has 0 fully saturated rings. The highest BCUT2D eigenvalue weighted by molar-refractivity contribution is 5.99. The maximum Gasteiger partial charge on any atom is 0.325 e. The zero-order valence-electron chi connectivity index (χ0n) is 12.4. The number of carbonyl (C=O) groups is 2.